The molecular formula is C11H16O3S. The molecular weight excluding hydrogens is 212 g/mol. The first-order valence-corrected chi connectivity index (χ1v) is 6.74. The van der Waals surface area contributed by atoms with Crippen molar-refractivity contribution in [3.05, 3.63) is 29.3 Å². The summed E-state index contributed by atoms with van der Waals surface area (Å²) in [6.45, 7) is 1.95. The zero-order valence-corrected chi connectivity index (χ0v) is 9.84. The Morgan fingerprint density at radius 3 is 2.47 bits per heavy atom. The third-order valence-corrected chi connectivity index (χ3v) is 3.52. The predicted molar refractivity (Wildman–Crippen MR) is 59.7 cm³/mol. The first kappa shape index (κ1) is 12.2. The Hall–Kier alpha value is -0.870. The maximum atomic E-state index is 11.3. The largest absolute Gasteiger partial charge is 0.396 e. The van der Waals surface area contributed by atoms with E-state index in [1.54, 1.807) is 19.1 Å². The van der Waals surface area contributed by atoms with E-state index < -0.39 is 9.84 Å². The highest BCUT2D eigenvalue weighted by Crippen LogP contribution is 2.17. The highest BCUT2D eigenvalue weighted by molar-refractivity contribution is 7.90. The van der Waals surface area contributed by atoms with Crippen LogP contribution in [0.5, 0.6) is 0 Å². The molecule has 0 unspecified atom stereocenters. The number of hydrogen-bond acceptors (Lipinski definition) is 3. The van der Waals surface area contributed by atoms with E-state index in [4.69, 9.17) is 5.11 Å². The zero-order valence-electron chi connectivity index (χ0n) is 9.03. The lowest BCUT2D eigenvalue weighted by molar-refractivity contribution is 0.288. The average molecular weight is 228 g/mol. The molecule has 0 heterocycles. The molecule has 1 rings (SSSR count). The van der Waals surface area contributed by atoms with E-state index in [9.17, 15) is 8.42 Å². The normalized spacial score (nSPS) is 11.7. The first-order valence-electron chi connectivity index (χ1n) is 4.85. The van der Waals surface area contributed by atoms with Crippen molar-refractivity contribution in [1.29, 1.82) is 0 Å². The zero-order chi connectivity index (χ0) is 11.5. The van der Waals surface area contributed by atoms with Crippen LogP contribution >= 0.6 is 0 Å². The van der Waals surface area contributed by atoms with E-state index >= 15 is 0 Å². The van der Waals surface area contributed by atoms with E-state index in [1.165, 1.54) is 6.26 Å². The van der Waals surface area contributed by atoms with Crippen LogP contribution in [-0.2, 0) is 16.3 Å². The van der Waals surface area contributed by atoms with Crippen molar-refractivity contribution in [2.75, 3.05) is 12.9 Å². The highest BCUT2D eigenvalue weighted by atomic mass is 32.2. The van der Waals surface area contributed by atoms with Gasteiger partial charge in [0.05, 0.1) is 4.90 Å². The fraction of sp³-hybridized carbons (Fsp3) is 0.455. The van der Waals surface area contributed by atoms with Crippen LogP contribution < -0.4 is 0 Å². The van der Waals surface area contributed by atoms with Gasteiger partial charge in [0.2, 0.25) is 0 Å². The summed E-state index contributed by atoms with van der Waals surface area (Å²) in [5.74, 6) is 0. The van der Waals surface area contributed by atoms with Crippen LogP contribution in [0.15, 0.2) is 23.1 Å². The van der Waals surface area contributed by atoms with E-state index in [0.717, 1.165) is 17.5 Å². The molecule has 0 saturated carbocycles. The van der Waals surface area contributed by atoms with Crippen LogP contribution in [-0.4, -0.2) is 26.4 Å². The minimum atomic E-state index is -3.12. The second-order valence-electron chi connectivity index (χ2n) is 3.70. The molecule has 0 bridgehead atoms. The van der Waals surface area contributed by atoms with Gasteiger partial charge in [0.25, 0.3) is 0 Å². The number of rotatable bonds is 4. The van der Waals surface area contributed by atoms with Crippen LogP contribution in [0.4, 0.5) is 0 Å². The standard InChI is InChI=1S/C11H16O3S/c1-9-8-10(4-3-7-12)5-6-11(9)15(2,13)14/h5-6,8,12H,3-4,7H2,1-2H3. The van der Waals surface area contributed by atoms with Crippen LogP contribution in [0.25, 0.3) is 0 Å². The molecule has 0 fully saturated rings. The number of benzene rings is 1. The molecule has 15 heavy (non-hydrogen) atoms. The van der Waals surface area contributed by atoms with Gasteiger partial charge < -0.3 is 5.11 Å². The Morgan fingerprint density at radius 1 is 1.33 bits per heavy atom. The van der Waals surface area contributed by atoms with Gasteiger partial charge in [-0.15, -0.1) is 0 Å². The van der Waals surface area contributed by atoms with E-state index in [-0.39, 0.29) is 6.61 Å². The molecule has 1 N–H and O–H groups in total. The Labute approximate surface area is 90.7 Å². The quantitative estimate of drug-likeness (QED) is 0.845. The first-order chi connectivity index (χ1) is 6.95. The second-order valence-corrected chi connectivity index (χ2v) is 5.68. The van der Waals surface area contributed by atoms with Crippen LogP contribution in [0.2, 0.25) is 0 Å². The lowest BCUT2D eigenvalue weighted by atomic mass is 10.1. The summed E-state index contributed by atoms with van der Waals surface area (Å²) in [5, 5.41) is 8.68. The number of aliphatic hydroxyl groups excluding tert-OH is 1. The summed E-state index contributed by atoms with van der Waals surface area (Å²) in [5.41, 5.74) is 1.84. The fourth-order valence-electron chi connectivity index (χ4n) is 1.57. The summed E-state index contributed by atoms with van der Waals surface area (Å²) < 4.78 is 22.7. The summed E-state index contributed by atoms with van der Waals surface area (Å²) in [4.78, 5) is 0.384. The Kier molecular flexibility index (Phi) is 3.88. The fourth-order valence-corrected chi connectivity index (χ4v) is 2.53. The molecule has 0 aliphatic carbocycles. The van der Waals surface area contributed by atoms with Gasteiger partial charge in [-0.1, -0.05) is 12.1 Å². The van der Waals surface area contributed by atoms with Gasteiger partial charge in [0.15, 0.2) is 9.84 Å². The Bertz CT molecular complexity index is 435. The molecule has 84 valence electrons. The van der Waals surface area contributed by atoms with Gasteiger partial charge in [-0.2, -0.15) is 0 Å². The van der Waals surface area contributed by atoms with Crippen LogP contribution in [0.3, 0.4) is 0 Å². The Morgan fingerprint density at radius 2 is 2.00 bits per heavy atom. The lowest BCUT2D eigenvalue weighted by Gasteiger charge is -2.06. The van der Waals surface area contributed by atoms with Crippen molar-refractivity contribution >= 4 is 9.84 Å². The molecule has 4 heteroatoms. The van der Waals surface area contributed by atoms with Gasteiger partial charge >= 0.3 is 0 Å². The Balaban J connectivity index is 2.99. The molecule has 0 amide bonds. The summed E-state index contributed by atoms with van der Waals surface area (Å²) in [6.07, 6.45) is 2.70. The van der Waals surface area contributed by atoms with Crippen LogP contribution in [0, 0.1) is 6.92 Å². The maximum absolute atomic E-state index is 11.3. The van der Waals surface area contributed by atoms with Crippen molar-refractivity contribution in [2.24, 2.45) is 0 Å². The summed E-state index contributed by atoms with van der Waals surface area (Å²) in [7, 11) is -3.12. The number of sulfone groups is 1. The second kappa shape index (κ2) is 4.77. The molecule has 0 atom stereocenters. The molecule has 1 aromatic carbocycles. The molecule has 0 aromatic heterocycles. The smallest absolute Gasteiger partial charge is 0.175 e. The van der Waals surface area contributed by atoms with Gasteiger partial charge in [-0.3, -0.25) is 0 Å². The van der Waals surface area contributed by atoms with Crippen molar-refractivity contribution in [2.45, 2.75) is 24.7 Å². The topological polar surface area (TPSA) is 54.4 Å². The molecule has 0 spiro atoms. The maximum Gasteiger partial charge on any atom is 0.175 e. The summed E-state index contributed by atoms with van der Waals surface area (Å²) in [6, 6.07) is 5.31. The third kappa shape index (κ3) is 3.32. The third-order valence-electron chi connectivity index (χ3n) is 2.26. The number of hydrogen-bond donors (Lipinski definition) is 1. The molecule has 0 aliphatic rings. The molecule has 1 aromatic rings. The van der Waals surface area contributed by atoms with Crippen molar-refractivity contribution in [3.63, 3.8) is 0 Å². The SMILES string of the molecule is Cc1cc(CCCO)ccc1S(C)(=O)=O. The molecule has 0 aliphatic heterocycles. The van der Waals surface area contributed by atoms with Gasteiger partial charge in [0.1, 0.15) is 0 Å². The van der Waals surface area contributed by atoms with Crippen molar-refractivity contribution < 1.29 is 13.5 Å². The monoisotopic (exact) mass is 228 g/mol. The average Bonchev–Trinajstić information content (AvgIpc) is 2.12. The van der Waals surface area contributed by atoms with Crippen molar-refractivity contribution in [3.8, 4) is 0 Å². The van der Waals surface area contributed by atoms with Gasteiger partial charge in [-0.05, 0) is 37.0 Å². The van der Waals surface area contributed by atoms with Crippen molar-refractivity contribution in [1.82, 2.24) is 0 Å². The number of aliphatic hydroxyl groups is 1. The minimum absolute atomic E-state index is 0.160. The van der Waals surface area contributed by atoms with E-state index in [0.29, 0.717) is 11.3 Å². The lowest BCUT2D eigenvalue weighted by Crippen LogP contribution is -2.01. The van der Waals surface area contributed by atoms with E-state index in [1.807, 2.05) is 6.07 Å². The summed E-state index contributed by atoms with van der Waals surface area (Å²) >= 11 is 0. The molecule has 0 saturated heterocycles. The highest BCUT2D eigenvalue weighted by Gasteiger charge is 2.10. The predicted octanol–water partition coefficient (Wildman–Crippen LogP) is 1.32. The van der Waals surface area contributed by atoms with E-state index in [2.05, 4.69) is 0 Å². The number of aryl methyl sites for hydroxylation is 2. The van der Waals surface area contributed by atoms with Gasteiger partial charge in [0, 0.05) is 12.9 Å². The molecule has 3 nitrogen and oxygen atoms in total. The van der Waals surface area contributed by atoms with Crippen LogP contribution in [0.1, 0.15) is 17.5 Å². The van der Waals surface area contributed by atoms with Gasteiger partial charge in [-0.25, -0.2) is 8.42 Å². The molecule has 0 radical (unpaired) electrons. The minimum Gasteiger partial charge on any atom is -0.396 e.